The minimum atomic E-state index is -0.613. The molecule has 0 radical (unpaired) electrons. The molecule has 1 aliphatic heterocycles. The maximum Gasteiger partial charge on any atom is 0.188 e. The van der Waals surface area contributed by atoms with E-state index in [-0.39, 0.29) is 11.9 Å². The van der Waals surface area contributed by atoms with E-state index in [0.29, 0.717) is 17.7 Å². The van der Waals surface area contributed by atoms with Crippen molar-refractivity contribution in [3.8, 4) is 5.75 Å². The third-order valence-electron chi connectivity index (χ3n) is 2.41. The molecule has 0 aromatic heterocycles. The molecule has 2 rings (SSSR count). The number of ketones is 1. The van der Waals surface area contributed by atoms with Crippen LogP contribution >= 0.6 is 11.6 Å². The van der Waals surface area contributed by atoms with Crippen LogP contribution < -0.4 is 4.74 Å². The Hall–Kier alpha value is -1.28. The van der Waals surface area contributed by atoms with Crippen LogP contribution in [0, 0.1) is 0 Å². The van der Waals surface area contributed by atoms with Gasteiger partial charge in [0.25, 0.3) is 0 Å². The lowest BCUT2D eigenvalue weighted by Crippen LogP contribution is -2.38. The highest BCUT2D eigenvalue weighted by Crippen LogP contribution is 2.31. The van der Waals surface area contributed by atoms with E-state index in [1.54, 1.807) is 24.3 Å². The number of para-hydroxylation sites is 1. The number of carbonyl (C=O) groups excluding carboxylic acids is 1. The van der Waals surface area contributed by atoms with Gasteiger partial charge < -0.3 is 4.74 Å². The molecular weight excluding hydrogens is 212 g/mol. The van der Waals surface area contributed by atoms with E-state index in [0.717, 1.165) is 0 Å². The first-order chi connectivity index (χ1) is 7.24. The first-order valence-corrected chi connectivity index (χ1v) is 5.22. The normalized spacial score (nSPS) is 24.2. The van der Waals surface area contributed by atoms with Gasteiger partial charge in [0.05, 0.1) is 5.56 Å². The van der Waals surface area contributed by atoms with Crippen LogP contribution in [0.25, 0.3) is 0 Å². The number of hydrogen-bond donors (Lipinski definition) is 0. The molecule has 0 aliphatic carbocycles. The summed E-state index contributed by atoms with van der Waals surface area (Å²) in [6, 6.07) is 7.16. The summed E-state index contributed by atoms with van der Waals surface area (Å²) in [7, 11) is 0. The summed E-state index contributed by atoms with van der Waals surface area (Å²) in [4.78, 5) is 11.9. The fraction of sp³-hybridized carbons (Fsp3) is 0.250. The van der Waals surface area contributed by atoms with Gasteiger partial charge in [-0.1, -0.05) is 18.2 Å². The molecule has 0 amide bonds. The molecule has 1 aromatic carbocycles. The summed E-state index contributed by atoms with van der Waals surface area (Å²) in [6.45, 7) is 3.62. The maximum absolute atomic E-state index is 11.9. The highest BCUT2D eigenvalue weighted by molar-refractivity contribution is 6.35. The Morgan fingerprint density at radius 3 is 2.93 bits per heavy atom. The van der Waals surface area contributed by atoms with Gasteiger partial charge >= 0.3 is 0 Å². The van der Waals surface area contributed by atoms with Gasteiger partial charge in [-0.2, -0.15) is 0 Å². The number of hydrogen-bond acceptors (Lipinski definition) is 2. The molecule has 3 heteroatoms. The molecule has 1 aliphatic rings. The molecule has 1 aromatic rings. The van der Waals surface area contributed by atoms with E-state index in [4.69, 9.17) is 16.3 Å². The lowest BCUT2D eigenvalue weighted by atomic mass is 9.98. The van der Waals surface area contributed by atoms with Crippen LogP contribution in [0.5, 0.6) is 5.75 Å². The van der Waals surface area contributed by atoms with Crippen LogP contribution in [0.1, 0.15) is 16.8 Å². The van der Waals surface area contributed by atoms with Crippen molar-refractivity contribution in [1.82, 2.24) is 0 Å². The zero-order chi connectivity index (χ0) is 10.8. The van der Waals surface area contributed by atoms with Gasteiger partial charge in [0, 0.05) is 6.42 Å². The molecule has 0 bridgehead atoms. The lowest BCUT2D eigenvalue weighted by Gasteiger charge is -2.28. The number of alkyl halides is 1. The van der Waals surface area contributed by atoms with Crippen molar-refractivity contribution in [2.45, 2.75) is 17.9 Å². The second-order valence-electron chi connectivity index (χ2n) is 3.44. The number of fused-ring (bicyclic) bond motifs is 1. The van der Waals surface area contributed by atoms with Gasteiger partial charge in [-0.05, 0) is 12.1 Å². The molecule has 2 atom stereocenters. The minimum absolute atomic E-state index is 0.0645. The van der Waals surface area contributed by atoms with E-state index >= 15 is 0 Å². The highest BCUT2D eigenvalue weighted by atomic mass is 35.5. The van der Waals surface area contributed by atoms with Crippen molar-refractivity contribution in [2.75, 3.05) is 0 Å². The van der Waals surface area contributed by atoms with Crippen molar-refractivity contribution in [3.05, 3.63) is 42.5 Å². The van der Waals surface area contributed by atoms with Crippen molar-refractivity contribution >= 4 is 17.4 Å². The van der Waals surface area contributed by atoms with Crippen LogP contribution in [0.3, 0.4) is 0 Å². The van der Waals surface area contributed by atoms with Crippen LogP contribution in [0.4, 0.5) is 0 Å². The van der Waals surface area contributed by atoms with Crippen LogP contribution in [-0.4, -0.2) is 17.3 Å². The summed E-state index contributed by atoms with van der Waals surface area (Å²) in [6.07, 6.45) is 1.99. The SMILES string of the molecule is C=CCC1Oc2ccccc2C(=O)C1Cl. The molecule has 78 valence electrons. The average Bonchev–Trinajstić information content (AvgIpc) is 2.26. The Labute approximate surface area is 93.5 Å². The van der Waals surface area contributed by atoms with Gasteiger partial charge in [-0.25, -0.2) is 0 Å². The maximum atomic E-state index is 11.9. The second kappa shape index (κ2) is 4.07. The lowest BCUT2D eigenvalue weighted by molar-refractivity contribution is 0.0865. The van der Waals surface area contributed by atoms with Crippen molar-refractivity contribution < 1.29 is 9.53 Å². The Balaban J connectivity index is 2.36. The van der Waals surface area contributed by atoms with E-state index in [1.165, 1.54) is 0 Å². The molecule has 2 nitrogen and oxygen atoms in total. The van der Waals surface area contributed by atoms with Gasteiger partial charge in [-0.15, -0.1) is 18.2 Å². The minimum Gasteiger partial charge on any atom is -0.487 e. The standard InChI is InChI=1S/C12H11ClO2/c1-2-5-10-11(13)12(14)8-6-3-4-7-9(8)15-10/h2-4,6-7,10-11H,1,5H2. The molecule has 0 spiro atoms. The number of halogens is 1. The summed E-state index contributed by atoms with van der Waals surface area (Å²) in [5.74, 6) is 0.552. The smallest absolute Gasteiger partial charge is 0.188 e. The summed E-state index contributed by atoms with van der Waals surface area (Å²) in [5, 5.41) is -0.613. The molecule has 0 fully saturated rings. The van der Waals surface area contributed by atoms with E-state index < -0.39 is 5.38 Å². The van der Waals surface area contributed by atoms with Crippen molar-refractivity contribution in [2.24, 2.45) is 0 Å². The summed E-state index contributed by atoms with van der Waals surface area (Å²) >= 11 is 6.02. The molecular formula is C12H11ClO2. The van der Waals surface area contributed by atoms with Crippen LogP contribution in [0.15, 0.2) is 36.9 Å². The van der Waals surface area contributed by atoms with Crippen molar-refractivity contribution in [3.63, 3.8) is 0 Å². The zero-order valence-electron chi connectivity index (χ0n) is 8.15. The summed E-state index contributed by atoms with van der Waals surface area (Å²) < 4.78 is 5.63. The predicted octanol–water partition coefficient (Wildman–Crippen LogP) is 2.81. The largest absolute Gasteiger partial charge is 0.487 e. The number of carbonyl (C=O) groups is 1. The first-order valence-electron chi connectivity index (χ1n) is 4.79. The Bertz CT molecular complexity index is 400. The Kier molecular flexibility index (Phi) is 2.78. The van der Waals surface area contributed by atoms with Crippen LogP contribution in [0.2, 0.25) is 0 Å². The average molecular weight is 223 g/mol. The van der Waals surface area contributed by atoms with Crippen molar-refractivity contribution in [1.29, 1.82) is 0 Å². The monoisotopic (exact) mass is 222 g/mol. The Morgan fingerprint density at radius 1 is 1.47 bits per heavy atom. The van der Waals surface area contributed by atoms with E-state index in [9.17, 15) is 4.79 Å². The molecule has 0 saturated carbocycles. The fourth-order valence-electron chi connectivity index (χ4n) is 1.65. The van der Waals surface area contributed by atoms with Crippen LogP contribution in [-0.2, 0) is 0 Å². The fourth-order valence-corrected chi connectivity index (χ4v) is 1.92. The van der Waals surface area contributed by atoms with E-state index in [2.05, 4.69) is 6.58 Å². The van der Waals surface area contributed by atoms with E-state index in [1.807, 2.05) is 6.07 Å². The molecule has 15 heavy (non-hydrogen) atoms. The molecule has 0 N–H and O–H groups in total. The zero-order valence-corrected chi connectivity index (χ0v) is 8.91. The molecule has 0 saturated heterocycles. The Morgan fingerprint density at radius 2 is 2.20 bits per heavy atom. The third kappa shape index (κ3) is 1.77. The molecule has 1 heterocycles. The number of Topliss-reactive ketones (excluding diaryl/α,β-unsaturated/α-hetero) is 1. The topological polar surface area (TPSA) is 26.3 Å². The number of ether oxygens (including phenoxy) is 1. The summed E-state index contributed by atoms with van der Waals surface area (Å²) in [5.41, 5.74) is 0.567. The number of benzene rings is 1. The molecule has 2 unspecified atom stereocenters. The number of rotatable bonds is 2. The van der Waals surface area contributed by atoms with Gasteiger partial charge in [0.15, 0.2) is 5.78 Å². The van der Waals surface area contributed by atoms with Gasteiger partial charge in [-0.3, -0.25) is 4.79 Å². The van der Waals surface area contributed by atoms with Gasteiger partial charge in [0.2, 0.25) is 0 Å². The van der Waals surface area contributed by atoms with Gasteiger partial charge in [0.1, 0.15) is 17.2 Å². The second-order valence-corrected chi connectivity index (χ2v) is 3.91. The quantitative estimate of drug-likeness (QED) is 0.568. The predicted molar refractivity (Wildman–Crippen MR) is 59.6 cm³/mol. The third-order valence-corrected chi connectivity index (χ3v) is 2.89. The first kappa shape index (κ1) is 10.2. The highest BCUT2D eigenvalue weighted by Gasteiger charge is 2.34.